The van der Waals surface area contributed by atoms with Gasteiger partial charge in [0.2, 0.25) is 5.91 Å². The highest BCUT2D eigenvalue weighted by molar-refractivity contribution is 5.77. The molecule has 0 aromatic carbocycles. The van der Waals surface area contributed by atoms with E-state index in [0.717, 1.165) is 25.9 Å². The van der Waals surface area contributed by atoms with Crippen molar-refractivity contribution in [3.05, 3.63) is 0 Å². The molecule has 0 aromatic heterocycles. The van der Waals surface area contributed by atoms with E-state index in [-0.39, 0.29) is 11.9 Å². The molecular weight excluding hydrogens is 252 g/mol. The fourth-order valence-electron chi connectivity index (χ4n) is 3.66. The second kappa shape index (κ2) is 6.41. The van der Waals surface area contributed by atoms with Crippen LogP contribution < -0.4 is 11.1 Å². The molecule has 2 saturated heterocycles. The van der Waals surface area contributed by atoms with Gasteiger partial charge in [0.25, 0.3) is 0 Å². The van der Waals surface area contributed by atoms with E-state index >= 15 is 0 Å². The zero-order valence-corrected chi connectivity index (χ0v) is 12.4. The Morgan fingerprint density at radius 2 is 2.00 bits per heavy atom. The SMILES string of the molecule is NCC(CC(=O)NC1CC1)N1CCCN2CCCC2C1. The molecule has 2 aliphatic heterocycles. The van der Waals surface area contributed by atoms with Crippen LogP contribution in [-0.2, 0) is 4.79 Å². The van der Waals surface area contributed by atoms with Crippen LogP contribution in [0, 0.1) is 0 Å². The fourth-order valence-corrected chi connectivity index (χ4v) is 3.66. The first-order valence-corrected chi connectivity index (χ1v) is 8.24. The molecule has 5 heteroatoms. The zero-order chi connectivity index (χ0) is 13.9. The predicted octanol–water partition coefficient (Wildman–Crippen LogP) is 0.153. The number of carbonyl (C=O) groups is 1. The Kier molecular flexibility index (Phi) is 4.58. The maximum atomic E-state index is 12.0. The molecule has 3 aliphatic rings. The third kappa shape index (κ3) is 3.51. The number of rotatable bonds is 5. The summed E-state index contributed by atoms with van der Waals surface area (Å²) in [4.78, 5) is 17.1. The minimum Gasteiger partial charge on any atom is -0.353 e. The summed E-state index contributed by atoms with van der Waals surface area (Å²) in [5, 5.41) is 3.09. The Balaban J connectivity index is 1.54. The lowest BCUT2D eigenvalue weighted by Gasteiger charge is -2.31. The number of hydrogen-bond acceptors (Lipinski definition) is 4. The summed E-state index contributed by atoms with van der Waals surface area (Å²) < 4.78 is 0. The molecule has 3 fully saturated rings. The van der Waals surface area contributed by atoms with Crippen molar-refractivity contribution < 1.29 is 4.79 Å². The van der Waals surface area contributed by atoms with Gasteiger partial charge in [0.05, 0.1) is 0 Å². The number of hydrogen-bond donors (Lipinski definition) is 2. The maximum Gasteiger partial charge on any atom is 0.221 e. The molecule has 20 heavy (non-hydrogen) atoms. The molecule has 0 spiro atoms. The van der Waals surface area contributed by atoms with E-state index in [0.29, 0.717) is 25.0 Å². The van der Waals surface area contributed by atoms with Crippen LogP contribution in [0.2, 0.25) is 0 Å². The Morgan fingerprint density at radius 1 is 1.20 bits per heavy atom. The summed E-state index contributed by atoms with van der Waals surface area (Å²) in [5.74, 6) is 0.190. The molecule has 5 nitrogen and oxygen atoms in total. The minimum absolute atomic E-state index is 0.190. The molecule has 3 rings (SSSR count). The van der Waals surface area contributed by atoms with E-state index in [9.17, 15) is 4.79 Å². The van der Waals surface area contributed by atoms with Crippen LogP contribution in [0.15, 0.2) is 0 Å². The summed E-state index contributed by atoms with van der Waals surface area (Å²) in [5.41, 5.74) is 5.95. The number of fused-ring (bicyclic) bond motifs is 1. The summed E-state index contributed by atoms with van der Waals surface area (Å²) in [6.45, 7) is 5.25. The van der Waals surface area contributed by atoms with Crippen molar-refractivity contribution in [2.75, 3.05) is 32.7 Å². The summed E-state index contributed by atoms with van der Waals surface area (Å²) in [6.07, 6.45) is 6.71. The van der Waals surface area contributed by atoms with Gasteiger partial charge in [-0.1, -0.05) is 0 Å². The summed E-state index contributed by atoms with van der Waals surface area (Å²) in [7, 11) is 0. The summed E-state index contributed by atoms with van der Waals surface area (Å²) in [6, 6.07) is 1.36. The quantitative estimate of drug-likeness (QED) is 0.753. The second-order valence-electron chi connectivity index (χ2n) is 6.62. The van der Waals surface area contributed by atoms with E-state index in [2.05, 4.69) is 15.1 Å². The molecule has 114 valence electrons. The van der Waals surface area contributed by atoms with Crippen molar-refractivity contribution >= 4 is 5.91 Å². The number of nitrogens with one attached hydrogen (secondary N) is 1. The highest BCUT2D eigenvalue weighted by Gasteiger charge is 2.32. The lowest BCUT2D eigenvalue weighted by Crippen LogP contribution is -2.47. The zero-order valence-electron chi connectivity index (χ0n) is 12.4. The van der Waals surface area contributed by atoms with Crippen LogP contribution >= 0.6 is 0 Å². The average Bonchev–Trinajstić information content (AvgIpc) is 3.18. The molecule has 2 heterocycles. The van der Waals surface area contributed by atoms with E-state index in [4.69, 9.17) is 5.73 Å². The van der Waals surface area contributed by atoms with Gasteiger partial charge in [-0.15, -0.1) is 0 Å². The van der Waals surface area contributed by atoms with Crippen molar-refractivity contribution in [1.82, 2.24) is 15.1 Å². The molecule has 2 unspecified atom stereocenters. The lowest BCUT2D eigenvalue weighted by atomic mass is 10.1. The maximum absolute atomic E-state index is 12.0. The van der Waals surface area contributed by atoms with Crippen molar-refractivity contribution in [2.45, 2.75) is 56.7 Å². The van der Waals surface area contributed by atoms with Gasteiger partial charge >= 0.3 is 0 Å². The van der Waals surface area contributed by atoms with E-state index in [1.54, 1.807) is 0 Å². The van der Waals surface area contributed by atoms with Crippen LogP contribution in [0.5, 0.6) is 0 Å². The van der Waals surface area contributed by atoms with Gasteiger partial charge in [-0.3, -0.25) is 14.6 Å². The first-order valence-electron chi connectivity index (χ1n) is 8.24. The molecule has 1 saturated carbocycles. The number of nitrogens with two attached hydrogens (primary N) is 1. The van der Waals surface area contributed by atoms with Crippen LogP contribution in [0.1, 0.15) is 38.5 Å². The van der Waals surface area contributed by atoms with Gasteiger partial charge in [-0.25, -0.2) is 0 Å². The molecule has 2 atom stereocenters. The van der Waals surface area contributed by atoms with E-state index in [1.165, 1.54) is 32.4 Å². The van der Waals surface area contributed by atoms with Crippen molar-refractivity contribution in [1.29, 1.82) is 0 Å². The topological polar surface area (TPSA) is 61.6 Å². The monoisotopic (exact) mass is 280 g/mol. The highest BCUT2D eigenvalue weighted by atomic mass is 16.1. The average molecular weight is 280 g/mol. The smallest absolute Gasteiger partial charge is 0.221 e. The highest BCUT2D eigenvalue weighted by Crippen LogP contribution is 2.23. The molecule has 1 amide bonds. The predicted molar refractivity (Wildman–Crippen MR) is 79.4 cm³/mol. The second-order valence-corrected chi connectivity index (χ2v) is 6.62. The van der Waals surface area contributed by atoms with E-state index in [1.807, 2.05) is 0 Å². The number of amides is 1. The van der Waals surface area contributed by atoms with Crippen molar-refractivity contribution in [2.24, 2.45) is 5.73 Å². The molecule has 3 N–H and O–H groups in total. The van der Waals surface area contributed by atoms with Gasteiger partial charge < -0.3 is 11.1 Å². The van der Waals surface area contributed by atoms with Crippen LogP contribution in [0.25, 0.3) is 0 Å². The Morgan fingerprint density at radius 3 is 2.75 bits per heavy atom. The van der Waals surface area contributed by atoms with Crippen molar-refractivity contribution in [3.63, 3.8) is 0 Å². The normalized spacial score (nSPS) is 29.8. The number of carbonyl (C=O) groups excluding carboxylic acids is 1. The van der Waals surface area contributed by atoms with Crippen LogP contribution in [0.3, 0.4) is 0 Å². The third-order valence-electron chi connectivity index (χ3n) is 4.99. The van der Waals surface area contributed by atoms with Crippen LogP contribution in [-0.4, -0.2) is 66.6 Å². The first kappa shape index (κ1) is 14.3. The van der Waals surface area contributed by atoms with Crippen LogP contribution in [0.4, 0.5) is 0 Å². The van der Waals surface area contributed by atoms with E-state index < -0.39 is 0 Å². The molecular formula is C15H28N4O. The number of nitrogens with zero attached hydrogens (tertiary/aromatic N) is 2. The lowest BCUT2D eigenvalue weighted by molar-refractivity contribution is -0.122. The first-order chi connectivity index (χ1) is 9.76. The van der Waals surface area contributed by atoms with Gasteiger partial charge in [-0.05, 0) is 51.7 Å². The Hall–Kier alpha value is -0.650. The Bertz CT molecular complexity index is 345. The third-order valence-corrected chi connectivity index (χ3v) is 4.99. The molecule has 1 aliphatic carbocycles. The standard InChI is InChI=1S/C15H28N4O/c16-10-14(9-15(20)17-12-4-5-12)19-8-2-7-18-6-1-3-13(18)11-19/h12-14H,1-11,16H2,(H,17,20). The van der Waals surface area contributed by atoms with Crippen molar-refractivity contribution in [3.8, 4) is 0 Å². The fraction of sp³-hybridized carbons (Fsp3) is 0.933. The molecule has 0 aromatic rings. The Labute approximate surface area is 121 Å². The van der Waals surface area contributed by atoms with Gasteiger partial charge in [-0.2, -0.15) is 0 Å². The molecule has 0 radical (unpaired) electrons. The van der Waals surface area contributed by atoms with Gasteiger partial charge in [0.15, 0.2) is 0 Å². The largest absolute Gasteiger partial charge is 0.353 e. The van der Waals surface area contributed by atoms with Gasteiger partial charge in [0, 0.05) is 37.6 Å². The van der Waals surface area contributed by atoms with Gasteiger partial charge in [0.1, 0.15) is 0 Å². The summed E-state index contributed by atoms with van der Waals surface area (Å²) >= 11 is 0. The molecule has 0 bridgehead atoms. The minimum atomic E-state index is 0.190.